The molecule has 0 bridgehead atoms. The zero-order chi connectivity index (χ0) is 23.5. The average molecular weight is 456 g/mol. The lowest BCUT2D eigenvalue weighted by Crippen LogP contribution is -2.36. The molecule has 4 rings (SSSR count). The molecule has 11 nitrogen and oxygen atoms in total. The van der Waals surface area contributed by atoms with E-state index in [1.165, 1.54) is 0 Å². The third-order valence-electron chi connectivity index (χ3n) is 5.31. The van der Waals surface area contributed by atoms with Crippen LogP contribution in [-0.4, -0.2) is 56.1 Å². The van der Waals surface area contributed by atoms with Gasteiger partial charge in [-0.25, -0.2) is 19.2 Å². The molecule has 1 aliphatic carbocycles. The minimum Gasteiger partial charge on any atom is -0.443 e. The molecule has 0 spiro atoms. The Hall–Kier alpha value is -3.72. The molecular formula is C21H25FN8O3. The van der Waals surface area contributed by atoms with E-state index in [2.05, 4.69) is 30.8 Å². The smallest absolute Gasteiger partial charge is 0.407 e. The number of halogens is 1. The molecule has 0 aliphatic heterocycles. The number of alkyl halides is 1. The van der Waals surface area contributed by atoms with Crippen LogP contribution < -0.4 is 10.6 Å². The number of anilines is 2. The van der Waals surface area contributed by atoms with Gasteiger partial charge in [-0.15, -0.1) is 0 Å². The maximum absolute atomic E-state index is 15.0. The number of alkyl carbamates (subject to hydrolysis) is 1. The second-order valence-corrected chi connectivity index (χ2v) is 8.17. The van der Waals surface area contributed by atoms with E-state index >= 15 is 4.39 Å². The Bertz CT molecular complexity index is 1180. The van der Waals surface area contributed by atoms with Crippen LogP contribution in [0.15, 0.2) is 18.3 Å². The minimum absolute atomic E-state index is 0.0883. The standard InChI is InChI=1S/C21H25FN8O3/c1-11(2)24-21(31)33-16-5-4-14(19(16)22)15-7-17(29-28-15)27-20-26-12(8-23)6-18-25-13(10-32-3)9-30(18)20/h6-7,9,11,14,16,19H,4-5,10H2,1-3H3,(H,24,31)(H2,26,27,28,29)/t14-,16-,19+/m0/s1. The van der Waals surface area contributed by atoms with Crippen LogP contribution in [0.1, 0.15) is 49.7 Å². The van der Waals surface area contributed by atoms with Crippen molar-refractivity contribution in [3.05, 3.63) is 35.4 Å². The lowest BCUT2D eigenvalue weighted by molar-refractivity contribution is 0.0555. The van der Waals surface area contributed by atoms with Crippen molar-refractivity contribution in [1.82, 2.24) is 29.9 Å². The molecule has 0 aromatic carbocycles. The molecule has 3 aromatic rings. The first-order valence-corrected chi connectivity index (χ1v) is 10.6. The number of ether oxygens (including phenoxy) is 2. The molecule has 0 radical (unpaired) electrons. The van der Waals surface area contributed by atoms with E-state index in [9.17, 15) is 10.1 Å². The van der Waals surface area contributed by atoms with Gasteiger partial charge in [0.2, 0.25) is 5.95 Å². The third kappa shape index (κ3) is 4.88. The molecule has 1 aliphatic rings. The molecular weight excluding hydrogens is 431 g/mol. The number of methoxy groups -OCH3 is 1. The second kappa shape index (κ2) is 9.41. The summed E-state index contributed by atoms with van der Waals surface area (Å²) in [5.74, 6) is 0.265. The summed E-state index contributed by atoms with van der Waals surface area (Å²) in [6.45, 7) is 3.93. The van der Waals surface area contributed by atoms with Crippen LogP contribution in [0.2, 0.25) is 0 Å². The van der Waals surface area contributed by atoms with Gasteiger partial charge in [0, 0.05) is 43.1 Å². The number of aromatic amines is 1. The highest BCUT2D eigenvalue weighted by Crippen LogP contribution is 2.38. The van der Waals surface area contributed by atoms with Crippen molar-refractivity contribution in [2.75, 3.05) is 12.4 Å². The molecule has 33 heavy (non-hydrogen) atoms. The minimum atomic E-state index is -1.35. The number of amides is 1. The molecule has 3 heterocycles. The number of hydrogen-bond donors (Lipinski definition) is 3. The molecule has 0 unspecified atom stereocenters. The number of nitrogens with zero attached hydrogens (tertiary/aromatic N) is 5. The Morgan fingerprint density at radius 1 is 1.39 bits per heavy atom. The summed E-state index contributed by atoms with van der Waals surface area (Å²) in [6.07, 6.45) is -0.104. The van der Waals surface area contributed by atoms with Crippen molar-refractivity contribution in [3.63, 3.8) is 0 Å². The van der Waals surface area contributed by atoms with Crippen molar-refractivity contribution < 1.29 is 18.7 Å². The normalized spacial score (nSPS) is 20.2. The number of imidazole rings is 1. The van der Waals surface area contributed by atoms with Gasteiger partial charge in [-0.3, -0.25) is 9.50 Å². The van der Waals surface area contributed by atoms with Crippen LogP contribution in [0.25, 0.3) is 5.65 Å². The number of carbonyl (C=O) groups is 1. The van der Waals surface area contributed by atoms with E-state index in [1.54, 1.807) is 29.8 Å². The van der Waals surface area contributed by atoms with Gasteiger partial charge in [-0.2, -0.15) is 10.4 Å². The third-order valence-corrected chi connectivity index (χ3v) is 5.31. The van der Waals surface area contributed by atoms with Gasteiger partial charge in [0.05, 0.1) is 12.3 Å². The predicted octanol–water partition coefficient (Wildman–Crippen LogP) is 2.93. The molecule has 3 aromatic heterocycles. The van der Waals surface area contributed by atoms with Crippen LogP contribution >= 0.6 is 0 Å². The van der Waals surface area contributed by atoms with Crippen LogP contribution in [0.4, 0.5) is 21.0 Å². The molecule has 174 valence electrons. The molecule has 1 amide bonds. The summed E-state index contributed by atoms with van der Waals surface area (Å²) in [4.78, 5) is 20.6. The van der Waals surface area contributed by atoms with E-state index in [-0.39, 0.29) is 11.7 Å². The van der Waals surface area contributed by atoms with Crippen molar-refractivity contribution >= 4 is 23.5 Å². The van der Waals surface area contributed by atoms with Crippen molar-refractivity contribution in [3.8, 4) is 6.07 Å². The number of nitriles is 1. The average Bonchev–Trinajstić information content (AvgIpc) is 3.47. The Morgan fingerprint density at radius 3 is 2.94 bits per heavy atom. The highest BCUT2D eigenvalue weighted by molar-refractivity contribution is 5.67. The zero-order valence-corrected chi connectivity index (χ0v) is 18.5. The highest BCUT2D eigenvalue weighted by Gasteiger charge is 2.40. The lowest BCUT2D eigenvalue weighted by Gasteiger charge is -2.18. The quantitative estimate of drug-likeness (QED) is 0.493. The number of H-pyrrole nitrogens is 1. The van der Waals surface area contributed by atoms with E-state index in [0.29, 0.717) is 48.2 Å². The van der Waals surface area contributed by atoms with Gasteiger partial charge in [-0.05, 0) is 26.7 Å². The zero-order valence-electron chi connectivity index (χ0n) is 18.5. The van der Waals surface area contributed by atoms with Crippen LogP contribution in [0.3, 0.4) is 0 Å². The fraction of sp³-hybridized carbons (Fsp3) is 0.476. The van der Waals surface area contributed by atoms with E-state index < -0.39 is 24.3 Å². The first-order chi connectivity index (χ1) is 15.9. The van der Waals surface area contributed by atoms with E-state index in [4.69, 9.17) is 9.47 Å². The van der Waals surface area contributed by atoms with E-state index in [1.807, 2.05) is 19.9 Å². The first kappa shape index (κ1) is 22.5. The maximum atomic E-state index is 15.0. The Labute approximate surface area is 189 Å². The predicted molar refractivity (Wildman–Crippen MR) is 116 cm³/mol. The van der Waals surface area contributed by atoms with Gasteiger partial charge in [0.1, 0.15) is 29.7 Å². The summed E-state index contributed by atoms with van der Waals surface area (Å²) in [5, 5.41) is 22.0. The molecule has 12 heteroatoms. The molecule has 1 fully saturated rings. The summed E-state index contributed by atoms with van der Waals surface area (Å²) < 4.78 is 27.1. The van der Waals surface area contributed by atoms with Gasteiger partial charge < -0.3 is 20.1 Å². The fourth-order valence-electron chi connectivity index (χ4n) is 3.89. The Morgan fingerprint density at radius 2 is 2.21 bits per heavy atom. The highest BCUT2D eigenvalue weighted by atomic mass is 19.1. The second-order valence-electron chi connectivity index (χ2n) is 8.17. The molecule has 3 atom stereocenters. The molecule has 3 N–H and O–H groups in total. The molecule has 0 saturated heterocycles. The van der Waals surface area contributed by atoms with Gasteiger partial charge >= 0.3 is 6.09 Å². The monoisotopic (exact) mass is 456 g/mol. The Balaban J connectivity index is 1.50. The van der Waals surface area contributed by atoms with Gasteiger partial charge in [0.25, 0.3) is 0 Å². The maximum Gasteiger partial charge on any atom is 0.407 e. The summed E-state index contributed by atoms with van der Waals surface area (Å²) in [5.41, 5.74) is 1.98. The number of fused-ring (bicyclic) bond motifs is 1. The van der Waals surface area contributed by atoms with E-state index in [0.717, 1.165) is 0 Å². The number of rotatable bonds is 7. The summed E-state index contributed by atoms with van der Waals surface area (Å²) >= 11 is 0. The van der Waals surface area contributed by atoms with Crippen molar-refractivity contribution in [2.45, 2.75) is 57.5 Å². The summed E-state index contributed by atoms with van der Waals surface area (Å²) in [7, 11) is 1.57. The van der Waals surface area contributed by atoms with Gasteiger partial charge in [-0.1, -0.05) is 0 Å². The molecule has 1 saturated carbocycles. The van der Waals surface area contributed by atoms with Crippen LogP contribution in [0, 0.1) is 11.3 Å². The van der Waals surface area contributed by atoms with Crippen molar-refractivity contribution in [1.29, 1.82) is 5.26 Å². The van der Waals surface area contributed by atoms with Crippen molar-refractivity contribution in [2.24, 2.45) is 0 Å². The first-order valence-electron chi connectivity index (χ1n) is 10.6. The number of carbonyl (C=O) groups excluding carboxylic acids is 1. The Kier molecular flexibility index (Phi) is 6.41. The lowest BCUT2D eigenvalue weighted by atomic mass is 10.0. The van der Waals surface area contributed by atoms with Crippen LogP contribution in [0.5, 0.6) is 0 Å². The number of nitrogens with one attached hydrogen (secondary N) is 3. The summed E-state index contributed by atoms with van der Waals surface area (Å²) in [6, 6.07) is 5.19. The number of hydrogen-bond acceptors (Lipinski definition) is 8. The van der Waals surface area contributed by atoms with Crippen LogP contribution in [-0.2, 0) is 16.1 Å². The number of aromatic nitrogens is 5. The largest absolute Gasteiger partial charge is 0.443 e. The fourth-order valence-corrected chi connectivity index (χ4v) is 3.89. The van der Waals surface area contributed by atoms with Gasteiger partial charge in [0.15, 0.2) is 5.82 Å². The SMILES string of the molecule is COCc1cn2c(Nc3cc([C@@H]4CC[C@H](OC(=O)NC(C)C)[C@@H]4F)[nH]n3)nc(C#N)cc2n1. The topological polar surface area (TPSA) is 142 Å².